The molecular weight excluding hydrogens is 406 g/mol. The van der Waals surface area contributed by atoms with Crippen LogP contribution in [0.15, 0.2) is 54.1 Å². The number of carbonyl (C=O) groups is 2. The maximum atomic E-state index is 13.0. The first-order valence-electron chi connectivity index (χ1n) is 9.79. The van der Waals surface area contributed by atoms with Gasteiger partial charge in [-0.25, -0.2) is 0 Å². The number of methoxy groups -OCH3 is 1. The Balaban J connectivity index is 1.83. The second kappa shape index (κ2) is 8.50. The molecule has 7 heteroatoms. The number of aliphatic hydroxyl groups excluding tert-OH is 1. The van der Waals surface area contributed by atoms with Crippen LogP contribution in [0.3, 0.4) is 0 Å². The lowest BCUT2D eigenvalue weighted by Gasteiger charge is -2.27. The van der Waals surface area contributed by atoms with E-state index in [-0.39, 0.29) is 24.0 Å². The van der Waals surface area contributed by atoms with E-state index in [2.05, 4.69) is 0 Å². The van der Waals surface area contributed by atoms with Crippen LogP contribution in [-0.2, 0) is 14.3 Å². The summed E-state index contributed by atoms with van der Waals surface area (Å²) in [5, 5.41) is 11.5. The number of likely N-dealkylation sites (tertiary alicyclic amines) is 1. The number of nitrogens with zero attached hydrogens (tertiary/aromatic N) is 1. The molecule has 2 heterocycles. The summed E-state index contributed by atoms with van der Waals surface area (Å²) in [6.07, 6.45) is 1.61. The zero-order valence-corrected chi connectivity index (χ0v) is 17.3. The van der Waals surface area contributed by atoms with Gasteiger partial charge in [0.15, 0.2) is 0 Å². The van der Waals surface area contributed by atoms with Crippen molar-refractivity contribution in [2.24, 2.45) is 0 Å². The van der Waals surface area contributed by atoms with E-state index in [4.69, 9.17) is 21.1 Å². The molecule has 2 aliphatic rings. The Bertz CT molecular complexity index is 995. The van der Waals surface area contributed by atoms with Crippen molar-refractivity contribution in [3.8, 4) is 5.75 Å². The SMILES string of the molecule is COc1cccc([C@@H]2/C(=C(\O)c3ccc(Cl)cc3)C(=O)C(=O)N2C[C@H]2CCCO2)c1. The highest BCUT2D eigenvalue weighted by Gasteiger charge is 2.47. The number of halogens is 1. The molecule has 0 aliphatic carbocycles. The van der Waals surface area contributed by atoms with Crippen LogP contribution in [0.4, 0.5) is 0 Å². The summed E-state index contributed by atoms with van der Waals surface area (Å²) in [6, 6.07) is 12.9. The molecular formula is C23H22ClNO5. The van der Waals surface area contributed by atoms with E-state index in [1.54, 1.807) is 49.6 Å². The fourth-order valence-electron chi connectivity index (χ4n) is 4.00. The quantitative estimate of drug-likeness (QED) is 0.444. The van der Waals surface area contributed by atoms with Gasteiger partial charge in [0.1, 0.15) is 11.5 Å². The molecule has 6 nitrogen and oxygen atoms in total. The first-order chi connectivity index (χ1) is 14.5. The van der Waals surface area contributed by atoms with Crippen molar-refractivity contribution < 1.29 is 24.2 Å². The van der Waals surface area contributed by atoms with Crippen molar-refractivity contribution in [3.05, 3.63) is 70.3 Å². The van der Waals surface area contributed by atoms with Gasteiger partial charge in [-0.3, -0.25) is 9.59 Å². The lowest BCUT2D eigenvalue weighted by atomic mass is 9.95. The van der Waals surface area contributed by atoms with Crippen molar-refractivity contribution in [3.63, 3.8) is 0 Å². The number of aliphatic hydroxyl groups is 1. The molecule has 0 spiro atoms. The van der Waals surface area contributed by atoms with E-state index < -0.39 is 17.7 Å². The van der Waals surface area contributed by atoms with E-state index in [9.17, 15) is 14.7 Å². The Morgan fingerprint density at radius 3 is 2.67 bits per heavy atom. The molecule has 0 bridgehead atoms. The fourth-order valence-corrected chi connectivity index (χ4v) is 4.12. The Kier molecular flexibility index (Phi) is 5.79. The summed E-state index contributed by atoms with van der Waals surface area (Å²) in [6.45, 7) is 0.924. The van der Waals surface area contributed by atoms with E-state index in [1.165, 1.54) is 4.90 Å². The Morgan fingerprint density at radius 1 is 1.23 bits per heavy atom. The van der Waals surface area contributed by atoms with Crippen LogP contribution in [0.1, 0.15) is 30.0 Å². The third kappa shape index (κ3) is 3.80. The predicted molar refractivity (Wildman–Crippen MR) is 112 cm³/mol. The van der Waals surface area contributed by atoms with Crippen molar-refractivity contribution >= 4 is 29.1 Å². The number of hydrogen-bond acceptors (Lipinski definition) is 5. The second-order valence-corrected chi connectivity index (χ2v) is 7.81. The number of benzene rings is 2. The molecule has 2 fully saturated rings. The smallest absolute Gasteiger partial charge is 0.295 e. The summed E-state index contributed by atoms with van der Waals surface area (Å²) in [5.41, 5.74) is 1.15. The van der Waals surface area contributed by atoms with Crippen LogP contribution in [0.2, 0.25) is 5.02 Å². The van der Waals surface area contributed by atoms with Gasteiger partial charge in [0, 0.05) is 23.7 Å². The summed E-state index contributed by atoms with van der Waals surface area (Å²) >= 11 is 5.95. The van der Waals surface area contributed by atoms with Crippen molar-refractivity contribution in [1.82, 2.24) is 4.90 Å². The van der Waals surface area contributed by atoms with E-state index in [0.29, 0.717) is 28.5 Å². The van der Waals surface area contributed by atoms with Gasteiger partial charge in [-0.2, -0.15) is 0 Å². The van der Waals surface area contributed by atoms with Crippen LogP contribution >= 0.6 is 11.6 Å². The molecule has 2 saturated heterocycles. The first-order valence-corrected chi connectivity index (χ1v) is 10.2. The summed E-state index contributed by atoms with van der Waals surface area (Å²) in [5.74, 6) is -0.989. The number of hydrogen-bond donors (Lipinski definition) is 1. The molecule has 0 unspecified atom stereocenters. The average molecular weight is 428 g/mol. The Labute approximate surface area is 179 Å². The minimum atomic E-state index is -0.736. The predicted octanol–water partition coefficient (Wildman–Crippen LogP) is 3.95. The van der Waals surface area contributed by atoms with Crippen LogP contribution in [0.5, 0.6) is 5.75 Å². The largest absolute Gasteiger partial charge is 0.507 e. The molecule has 2 atom stereocenters. The maximum absolute atomic E-state index is 13.0. The van der Waals surface area contributed by atoms with Crippen molar-refractivity contribution in [1.29, 1.82) is 0 Å². The molecule has 1 amide bonds. The molecule has 0 aromatic heterocycles. The summed E-state index contributed by atoms with van der Waals surface area (Å²) in [7, 11) is 1.55. The molecule has 2 aromatic rings. The van der Waals surface area contributed by atoms with Crippen LogP contribution in [0, 0.1) is 0 Å². The zero-order chi connectivity index (χ0) is 21.3. The van der Waals surface area contributed by atoms with Crippen LogP contribution in [-0.4, -0.2) is 48.1 Å². The number of carbonyl (C=O) groups excluding carboxylic acids is 2. The first kappa shape index (κ1) is 20.4. The number of rotatable bonds is 5. The molecule has 0 saturated carbocycles. The van der Waals surface area contributed by atoms with Gasteiger partial charge in [-0.1, -0.05) is 23.7 Å². The molecule has 30 heavy (non-hydrogen) atoms. The number of ketones is 1. The van der Waals surface area contributed by atoms with Gasteiger partial charge in [0.2, 0.25) is 0 Å². The van der Waals surface area contributed by atoms with Crippen molar-refractivity contribution in [2.45, 2.75) is 25.0 Å². The third-order valence-electron chi connectivity index (χ3n) is 5.49. The van der Waals surface area contributed by atoms with E-state index in [1.807, 2.05) is 6.07 Å². The van der Waals surface area contributed by atoms with Gasteiger partial charge in [0.25, 0.3) is 11.7 Å². The van der Waals surface area contributed by atoms with Crippen LogP contribution in [0.25, 0.3) is 5.76 Å². The Hall–Kier alpha value is -2.83. The monoisotopic (exact) mass is 427 g/mol. The highest BCUT2D eigenvalue weighted by molar-refractivity contribution is 6.46. The minimum Gasteiger partial charge on any atom is -0.507 e. The molecule has 156 valence electrons. The molecule has 0 radical (unpaired) electrons. The molecule has 1 N–H and O–H groups in total. The second-order valence-electron chi connectivity index (χ2n) is 7.37. The highest BCUT2D eigenvalue weighted by atomic mass is 35.5. The standard InChI is InChI=1S/C23H22ClNO5/c1-29-17-5-2-4-15(12-17)20-19(21(26)14-7-9-16(24)10-8-14)22(27)23(28)25(20)13-18-6-3-11-30-18/h2,4-5,7-10,12,18,20,26H,3,6,11,13H2,1H3/b21-19+/t18-,20-/m1/s1. The number of amides is 1. The van der Waals surface area contributed by atoms with E-state index in [0.717, 1.165) is 12.8 Å². The lowest BCUT2D eigenvalue weighted by molar-refractivity contribution is -0.140. The number of ether oxygens (including phenoxy) is 2. The van der Waals surface area contributed by atoms with Gasteiger partial charge < -0.3 is 19.5 Å². The third-order valence-corrected chi connectivity index (χ3v) is 5.74. The average Bonchev–Trinajstić information content (AvgIpc) is 3.36. The fraction of sp³-hybridized carbons (Fsp3) is 0.304. The topological polar surface area (TPSA) is 76.1 Å². The normalized spacial score (nSPS) is 23.2. The molecule has 2 aliphatic heterocycles. The van der Waals surface area contributed by atoms with E-state index >= 15 is 0 Å². The maximum Gasteiger partial charge on any atom is 0.295 e. The lowest BCUT2D eigenvalue weighted by Crippen LogP contribution is -2.36. The van der Waals surface area contributed by atoms with Crippen molar-refractivity contribution in [2.75, 3.05) is 20.3 Å². The van der Waals surface area contributed by atoms with Gasteiger partial charge in [-0.15, -0.1) is 0 Å². The summed E-state index contributed by atoms with van der Waals surface area (Å²) in [4.78, 5) is 27.5. The van der Waals surface area contributed by atoms with Crippen LogP contribution < -0.4 is 4.74 Å². The molecule has 4 rings (SSSR count). The zero-order valence-electron chi connectivity index (χ0n) is 16.5. The minimum absolute atomic E-state index is 0.0496. The molecule has 2 aromatic carbocycles. The highest BCUT2D eigenvalue weighted by Crippen LogP contribution is 2.41. The Morgan fingerprint density at radius 2 is 2.00 bits per heavy atom. The van der Waals surface area contributed by atoms with Gasteiger partial charge in [-0.05, 0) is 54.8 Å². The summed E-state index contributed by atoms with van der Waals surface area (Å²) < 4.78 is 11.0. The number of Topliss-reactive ketones (excluding diaryl/α,β-unsaturated/α-hetero) is 1. The van der Waals surface area contributed by atoms with Gasteiger partial charge in [0.05, 0.1) is 24.8 Å². The van der Waals surface area contributed by atoms with Gasteiger partial charge >= 0.3 is 0 Å².